The number of anilines is 2. The summed E-state index contributed by atoms with van der Waals surface area (Å²) in [6.45, 7) is 3.95. The number of carbonyl (C=O) groups is 1. The van der Waals surface area contributed by atoms with E-state index in [4.69, 9.17) is 5.84 Å². The summed E-state index contributed by atoms with van der Waals surface area (Å²) in [5.41, 5.74) is 2.51. The van der Waals surface area contributed by atoms with Crippen molar-refractivity contribution in [2.45, 2.75) is 19.9 Å². The summed E-state index contributed by atoms with van der Waals surface area (Å²) in [5.74, 6) is 5.78. The highest BCUT2D eigenvalue weighted by Crippen LogP contribution is 2.14. The number of nitrogens with one attached hydrogen (secondary N) is 2. The molecule has 19 heavy (non-hydrogen) atoms. The zero-order chi connectivity index (χ0) is 13.8. The van der Waals surface area contributed by atoms with E-state index in [-0.39, 0.29) is 17.6 Å². The van der Waals surface area contributed by atoms with Gasteiger partial charge in [0.15, 0.2) is 5.82 Å². The van der Waals surface area contributed by atoms with Crippen molar-refractivity contribution >= 4 is 17.5 Å². The number of nitrogens with zero attached hydrogens (tertiary/aromatic N) is 4. The third kappa shape index (κ3) is 2.86. The van der Waals surface area contributed by atoms with Crippen molar-refractivity contribution in [2.75, 3.05) is 10.7 Å². The van der Waals surface area contributed by atoms with E-state index in [9.17, 15) is 4.79 Å². The van der Waals surface area contributed by atoms with Crippen molar-refractivity contribution in [3.05, 3.63) is 30.4 Å². The number of aromatic nitrogens is 4. The lowest BCUT2D eigenvalue weighted by molar-refractivity contribution is 0.102. The zero-order valence-corrected chi connectivity index (χ0v) is 10.7. The van der Waals surface area contributed by atoms with Crippen LogP contribution in [0.4, 0.5) is 11.6 Å². The Morgan fingerprint density at radius 1 is 1.42 bits per heavy atom. The van der Waals surface area contributed by atoms with E-state index in [1.165, 1.54) is 12.4 Å². The molecular formula is C11H15N7O. The maximum Gasteiger partial charge on any atom is 0.277 e. The molecule has 8 heteroatoms. The highest BCUT2D eigenvalue weighted by molar-refractivity contribution is 6.02. The van der Waals surface area contributed by atoms with Gasteiger partial charge >= 0.3 is 0 Å². The number of nitrogen functional groups attached to an aromatic ring is 1. The monoisotopic (exact) mass is 261 g/mol. The van der Waals surface area contributed by atoms with Gasteiger partial charge in [0.2, 0.25) is 0 Å². The molecule has 1 amide bonds. The van der Waals surface area contributed by atoms with Gasteiger partial charge in [0.25, 0.3) is 5.91 Å². The molecule has 4 N–H and O–H groups in total. The van der Waals surface area contributed by atoms with E-state index in [1.807, 2.05) is 13.8 Å². The summed E-state index contributed by atoms with van der Waals surface area (Å²) < 4.78 is 1.70. The van der Waals surface area contributed by atoms with Gasteiger partial charge in [-0.15, -0.1) is 0 Å². The minimum atomic E-state index is -0.369. The first-order chi connectivity index (χ1) is 9.11. The number of carbonyl (C=O) groups excluding carboxylic acids is 1. The van der Waals surface area contributed by atoms with Crippen LogP contribution in [0.2, 0.25) is 0 Å². The molecule has 0 bridgehead atoms. The lowest BCUT2D eigenvalue weighted by atomic mass is 10.4. The lowest BCUT2D eigenvalue weighted by Crippen LogP contribution is -2.19. The predicted octanol–water partition coefficient (Wildman–Crippen LogP) is 0.792. The Bertz CT molecular complexity index is 578. The average Bonchev–Trinajstić information content (AvgIpc) is 2.87. The molecule has 0 radical (unpaired) electrons. The predicted molar refractivity (Wildman–Crippen MR) is 70.4 cm³/mol. The SMILES string of the molecule is CC(C)n1nccc1NC(=O)c1cncc(NN)n1. The standard InChI is InChI=1S/C11H15N7O/c1-7(2)18-10(3-4-14-18)16-11(19)8-5-13-6-9(15-8)17-12/h3-7H,12H2,1-2H3,(H,15,17)(H,16,19). The third-order valence-corrected chi connectivity index (χ3v) is 2.42. The first-order valence-corrected chi connectivity index (χ1v) is 5.75. The second-order valence-corrected chi connectivity index (χ2v) is 4.14. The summed E-state index contributed by atoms with van der Waals surface area (Å²) in [4.78, 5) is 19.9. The lowest BCUT2D eigenvalue weighted by Gasteiger charge is -2.11. The molecular weight excluding hydrogens is 246 g/mol. The maximum atomic E-state index is 12.0. The Kier molecular flexibility index (Phi) is 3.71. The molecule has 2 aromatic heterocycles. The summed E-state index contributed by atoms with van der Waals surface area (Å²) >= 11 is 0. The van der Waals surface area contributed by atoms with Crippen LogP contribution in [0, 0.1) is 0 Å². The van der Waals surface area contributed by atoms with Crippen LogP contribution in [-0.4, -0.2) is 25.7 Å². The van der Waals surface area contributed by atoms with Crippen molar-refractivity contribution in [1.29, 1.82) is 0 Å². The fraction of sp³-hybridized carbons (Fsp3) is 0.273. The first-order valence-electron chi connectivity index (χ1n) is 5.75. The average molecular weight is 261 g/mol. The molecule has 0 aliphatic rings. The molecule has 100 valence electrons. The van der Waals surface area contributed by atoms with Gasteiger partial charge in [0, 0.05) is 12.1 Å². The smallest absolute Gasteiger partial charge is 0.277 e. The van der Waals surface area contributed by atoms with Gasteiger partial charge in [0.05, 0.1) is 18.6 Å². The quantitative estimate of drug-likeness (QED) is 0.554. The molecule has 0 unspecified atom stereocenters. The number of hydrogen-bond acceptors (Lipinski definition) is 6. The van der Waals surface area contributed by atoms with E-state index in [0.717, 1.165) is 0 Å². The van der Waals surface area contributed by atoms with Gasteiger partial charge in [-0.05, 0) is 13.8 Å². The Balaban J connectivity index is 2.18. The largest absolute Gasteiger partial charge is 0.307 e. The molecule has 2 aromatic rings. The highest BCUT2D eigenvalue weighted by atomic mass is 16.2. The van der Waals surface area contributed by atoms with E-state index >= 15 is 0 Å². The highest BCUT2D eigenvalue weighted by Gasteiger charge is 2.13. The summed E-state index contributed by atoms with van der Waals surface area (Å²) in [6, 6.07) is 1.87. The molecule has 0 fully saturated rings. The van der Waals surface area contributed by atoms with E-state index in [0.29, 0.717) is 11.6 Å². The van der Waals surface area contributed by atoms with Crippen molar-refractivity contribution in [1.82, 2.24) is 19.7 Å². The van der Waals surface area contributed by atoms with Crippen LogP contribution in [0.15, 0.2) is 24.7 Å². The van der Waals surface area contributed by atoms with Gasteiger partial charge < -0.3 is 10.7 Å². The number of hydrazine groups is 1. The molecule has 0 spiro atoms. The van der Waals surface area contributed by atoms with Gasteiger partial charge in [-0.3, -0.25) is 9.78 Å². The third-order valence-electron chi connectivity index (χ3n) is 2.42. The Hall–Kier alpha value is -2.48. The van der Waals surface area contributed by atoms with Crippen LogP contribution >= 0.6 is 0 Å². The minimum Gasteiger partial charge on any atom is -0.307 e. The van der Waals surface area contributed by atoms with Gasteiger partial charge in [-0.25, -0.2) is 15.5 Å². The van der Waals surface area contributed by atoms with Crippen LogP contribution in [0.3, 0.4) is 0 Å². The van der Waals surface area contributed by atoms with Crippen molar-refractivity contribution in [3.8, 4) is 0 Å². The molecule has 0 saturated carbocycles. The fourth-order valence-electron chi connectivity index (χ4n) is 1.55. The van der Waals surface area contributed by atoms with Crippen LogP contribution in [0.5, 0.6) is 0 Å². The van der Waals surface area contributed by atoms with Gasteiger partial charge in [-0.2, -0.15) is 5.10 Å². The first kappa shape index (κ1) is 13.0. The second kappa shape index (κ2) is 5.44. The minimum absolute atomic E-state index is 0.147. The van der Waals surface area contributed by atoms with Crippen LogP contribution < -0.4 is 16.6 Å². The molecule has 0 aromatic carbocycles. The van der Waals surface area contributed by atoms with E-state index in [1.54, 1.807) is 16.9 Å². The molecule has 2 rings (SSSR count). The van der Waals surface area contributed by atoms with Gasteiger partial charge in [0.1, 0.15) is 11.5 Å². The molecule has 2 heterocycles. The Morgan fingerprint density at radius 2 is 2.21 bits per heavy atom. The molecule has 0 atom stereocenters. The maximum absolute atomic E-state index is 12.0. The Morgan fingerprint density at radius 3 is 2.89 bits per heavy atom. The summed E-state index contributed by atoms with van der Waals surface area (Å²) in [7, 11) is 0. The summed E-state index contributed by atoms with van der Waals surface area (Å²) in [5, 5.41) is 6.86. The molecule has 0 aliphatic heterocycles. The fourth-order valence-corrected chi connectivity index (χ4v) is 1.55. The topological polar surface area (TPSA) is 111 Å². The number of amides is 1. The normalized spacial score (nSPS) is 10.5. The summed E-state index contributed by atoms with van der Waals surface area (Å²) in [6.07, 6.45) is 4.42. The zero-order valence-electron chi connectivity index (χ0n) is 10.7. The number of nitrogens with two attached hydrogens (primary N) is 1. The molecule has 0 saturated heterocycles. The van der Waals surface area contributed by atoms with Crippen molar-refractivity contribution in [3.63, 3.8) is 0 Å². The number of rotatable bonds is 4. The van der Waals surface area contributed by atoms with Gasteiger partial charge in [-0.1, -0.05) is 0 Å². The van der Waals surface area contributed by atoms with E-state index in [2.05, 4.69) is 25.8 Å². The Labute approximate surface area is 110 Å². The number of hydrogen-bond donors (Lipinski definition) is 3. The molecule has 0 aliphatic carbocycles. The van der Waals surface area contributed by atoms with E-state index < -0.39 is 0 Å². The second-order valence-electron chi connectivity index (χ2n) is 4.14. The van der Waals surface area contributed by atoms with Crippen LogP contribution in [0.1, 0.15) is 30.4 Å². The van der Waals surface area contributed by atoms with Crippen molar-refractivity contribution in [2.24, 2.45) is 5.84 Å². The van der Waals surface area contributed by atoms with Crippen LogP contribution in [-0.2, 0) is 0 Å². The van der Waals surface area contributed by atoms with Crippen LogP contribution in [0.25, 0.3) is 0 Å². The molecule has 8 nitrogen and oxygen atoms in total. The van der Waals surface area contributed by atoms with Crippen molar-refractivity contribution < 1.29 is 4.79 Å².